The number of anilines is 1. The number of ether oxygens (including phenoxy) is 3. The number of hydrogen-bond acceptors (Lipinski definition) is 5. The molecule has 2 N–H and O–H groups in total. The first kappa shape index (κ1) is 17.9. The number of amides is 1. The summed E-state index contributed by atoms with van der Waals surface area (Å²) in [5, 5.41) is 10.3. The third kappa shape index (κ3) is 2.94. The van der Waals surface area contributed by atoms with Crippen LogP contribution < -0.4 is 19.5 Å². The van der Waals surface area contributed by atoms with Gasteiger partial charge in [-0.25, -0.2) is 0 Å². The monoisotopic (exact) mass is 379 g/mol. The molecule has 1 atom stereocenters. The lowest BCUT2D eigenvalue weighted by Gasteiger charge is -2.25. The van der Waals surface area contributed by atoms with Crippen LogP contribution in [0, 0.1) is 0 Å². The van der Waals surface area contributed by atoms with Crippen molar-refractivity contribution in [3.05, 3.63) is 53.6 Å². The van der Waals surface area contributed by atoms with E-state index in [0.29, 0.717) is 29.5 Å². The summed E-state index contributed by atoms with van der Waals surface area (Å²) in [7, 11) is 4.72. The molecule has 2 heterocycles. The molecule has 0 unspecified atom stereocenters. The summed E-state index contributed by atoms with van der Waals surface area (Å²) >= 11 is 0. The van der Waals surface area contributed by atoms with E-state index in [1.54, 1.807) is 21.3 Å². The first-order valence-electron chi connectivity index (χ1n) is 8.89. The Hall–Kier alpha value is -3.48. The van der Waals surface area contributed by atoms with Crippen molar-refractivity contribution in [1.82, 2.24) is 10.2 Å². The van der Waals surface area contributed by atoms with Gasteiger partial charge in [-0.1, -0.05) is 30.3 Å². The Morgan fingerprint density at radius 1 is 1.00 bits per heavy atom. The quantitative estimate of drug-likeness (QED) is 0.708. The number of aromatic amines is 1. The molecule has 144 valence electrons. The molecule has 7 nitrogen and oxygen atoms in total. The van der Waals surface area contributed by atoms with Gasteiger partial charge in [0.05, 0.1) is 27.0 Å². The van der Waals surface area contributed by atoms with E-state index in [2.05, 4.69) is 15.5 Å². The number of hydrogen-bond donors (Lipinski definition) is 2. The fourth-order valence-corrected chi connectivity index (χ4v) is 3.67. The highest BCUT2D eigenvalue weighted by Crippen LogP contribution is 2.46. The molecule has 0 spiro atoms. The molecule has 4 rings (SSSR count). The van der Waals surface area contributed by atoms with Crippen molar-refractivity contribution in [3.8, 4) is 28.5 Å². The minimum Gasteiger partial charge on any atom is -0.493 e. The molecule has 1 aliphatic heterocycles. The van der Waals surface area contributed by atoms with Gasteiger partial charge in [0.2, 0.25) is 11.7 Å². The molecule has 28 heavy (non-hydrogen) atoms. The summed E-state index contributed by atoms with van der Waals surface area (Å²) in [4.78, 5) is 12.3. The third-order valence-corrected chi connectivity index (χ3v) is 4.95. The number of nitrogens with zero attached hydrogens (tertiary/aromatic N) is 1. The maximum absolute atomic E-state index is 12.3. The highest BCUT2D eigenvalue weighted by atomic mass is 16.5. The molecule has 0 saturated heterocycles. The van der Waals surface area contributed by atoms with Crippen LogP contribution in [-0.4, -0.2) is 37.4 Å². The van der Waals surface area contributed by atoms with E-state index in [1.165, 1.54) is 0 Å². The Labute approximate surface area is 162 Å². The van der Waals surface area contributed by atoms with Crippen LogP contribution in [0.1, 0.15) is 23.5 Å². The number of methoxy groups -OCH3 is 3. The van der Waals surface area contributed by atoms with Crippen LogP contribution in [0.3, 0.4) is 0 Å². The normalized spacial score (nSPS) is 15.5. The maximum atomic E-state index is 12.3. The van der Waals surface area contributed by atoms with E-state index >= 15 is 0 Å². The molecule has 0 aliphatic carbocycles. The summed E-state index contributed by atoms with van der Waals surface area (Å²) in [5.74, 6) is 1.88. The van der Waals surface area contributed by atoms with Crippen LogP contribution in [0.5, 0.6) is 17.2 Å². The highest BCUT2D eigenvalue weighted by Gasteiger charge is 2.33. The van der Waals surface area contributed by atoms with Gasteiger partial charge in [-0.15, -0.1) is 0 Å². The molecular formula is C21H21N3O4. The minimum absolute atomic E-state index is 0.0858. The van der Waals surface area contributed by atoms with Crippen molar-refractivity contribution in [2.75, 3.05) is 26.6 Å². The molecule has 0 saturated carbocycles. The van der Waals surface area contributed by atoms with E-state index in [1.807, 2.05) is 42.5 Å². The van der Waals surface area contributed by atoms with Crippen molar-refractivity contribution >= 4 is 11.7 Å². The zero-order chi connectivity index (χ0) is 19.7. The molecule has 7 heteroatoms. The Morgan fingerprint density at radius 2 is 1.68 bits per heavy atom. The number of H-pyrrole nitrogens is 1. The standard InChI is InChI=1S/C21H21N3O4/c1-26-15-9-13(10-16(27-2)20(15)28-3)14-11-17(25)22-21-18(14)19(23-24-21)12-7-5-4-6-8-12/h4-10,14H,11H2,1-3H3,(H2,22,23,24,25)/t14-/m0/s1. The molecule has 2 aromatic carbocycles. The van der Waals surface area contributed by atoms with Crippen LogP contribution in [0.4, 0.5) is 5.82 Å². The molecule has 0 bridgehead atoms. The zero-order valence-corrected chi connectivity index (χ0v) is 15.9. The van der Waals surface area contributed by atoms with Crippen molar-refractivity contribution in [2.24, 2.45) is 0 Å². The summed E-state index contributed by atoms with van der Waals surface area (Å²) in [6.45, 7) is 0. The predicted octanol–water partition coefficient (Wildman–Crippen LogP) is 3.58. The van der Waals surface area contributed by atoms with Gasteiger partial charge in [-0.3, -0.25) is 9.89 Å². The second kappa shape index (κ2) is 7.26. The Balaban J connectivity index is 1.89. The van der Waals surface area contributed by atoms with Crippen molar-refractivity contribution in [2.45, 2.75) is 12.3 Å². The van der Waals surface area contributed by atoms with Gasteiger partial charge in [-0.2, -0.15) is 5.10 Å². The Morgan fingerprint density at radius 3 is 2.29 bits per heavy atom. The first-order chi connectivity index (χ1) is 13.7. The fraction of sp³-hybridized carbons (Fsp3) is 0.238. The van der Waals surface area contributed by atoms with Gasteiger partial charge < -0.3 is 19.5 Å². The number of nitrogens with one attached hydrogen (secondary N) is 2. The van der Waals surface area contributed by atoms with Gasteiger partial charge in [0.1, 0.15) is 0 Å². The SMILES string of the molecule is COc1cc([C@@H]2CC(=O)Nc3n[nH]c(-c4ccccc4)c32)cc(OC)c1OC. The summed E-state index contributed by atoms with van der Waals surface area (Å²) in [6.07, 6.45) is 0.297. The highest BCUT2D eigenvalue weighted by molar-refractivity contribution is 5.96. The summed E-state index contributed by atoms with van der Waals surface area (Å²) in [6, 6.07) is 13.7. The van der Waals surface area contributed by atoms with E-state index in [0.717, 1.165) is 22.4 Å². The lowest BCUT2D eigenvalue weighted by Crippen LogP contribution is -2.23. The molecule has 1 amide bonds. The average molecular weight is 379 g/mol. The largest absolute Gasteiger partial charge is 0.493 e. The van der Waals surface area contributed by atoms with E-state index in [4.69, 9.17) is 14.2 Å². The zero-order valence-electron chi connectivity index (χ0n) is 15.9. The minimum atomic E-state index is -0.202. The summed E-state index contributed by atoms with van der Waals surface area (Å²) < 4.78 is 16.4. The fourth-order valence-electron chi connectivity index (χ4n) is 3.67. The predicted molar refractivity (Wildman–Crippen MR) is 105 cm³/mol. The second-order valence-electron chi connectivity index (χ2n) is 6.49. The topological polar surface area (TPSA) is 85.5 Å². The van der Waals surface area contributed by atoms with Crippen LogP contribution in [0.25, 0.3) is 11.3 Å². The van der Waals surface area contributed by atoms with Crippen molar-refractivity contribution in [3.63, 3.8) is 0 Å². The van der Waals surface area contributed by atoms with Gasteiger partial charge in [0, 0.05) is 17.9 Å². The number of aromatic nitrogens is 2. The molecule has 0 radical (unpaired) electrons. The van der Waals surface area contributed by atoms with E-state index in [9.17, 15) is 4.79 Å². The molecule has 0 fully saturated rings. The molecule has 1 aliphatic rings. The van der Waals surface area contributed by atoms with Crippen LogP contribution in [0.2, 0.25) is 0 Å². The molecule has 3 aromatic rings. The Bertz CT molecular complexity index is 989. The maximum Gasteiger partial charge on any atom is 0.226 e. The molecule has 1 aromatic heterocycles. The third-order valence-electron chi connectivity index (χ3n) is 4.95. The van der Waals surface area contributed by atoms with Crippen LogP contribution in [-0.2, 0) is 4.79 Å². The van der Waals surface area contributed by atoms with Gasteiger partial charge in [0.25, 0.3) is 0 Å². The smallest absolute Gasteiger partial charge is 0.226 e. The van der Waals surface area contributed by atoms with Crippen molar-refractivity contribution < 1.29 is 19.0 Å². The lowest BCUT2D eigenvalue weighted by atomic mass is 9.84. The van der Waals surface area contributed by atoms with Gasteiger partial charge in [-0.05, 0) is 23.3 Å². The number of carbonyl (C=O) groups excluding carboxylic acids is 1. The average Bonchev–Trinajstić information content (AvgIpc) is 3.16. The Kier molecular flexibility index (Phi) is 4.65. The van der Waals surface area contributed by atoms with Crippen molar-refractivity contribution in [1.29, 1.82) is 0 Å². The second-order valence-corrected chi connectivity index (χ2v) is 6.49. The number of benzene rings is 2. The summed E-state index contributed by atoms with van der Waals surface area (Å²) in [5.41, 5.74) is 3.73. The van der Waals surface area contributed by atoms with Gasteiger partial charge in [0.15, 0.2) is 17.3 Å². The number of fused-ring (bicyclic) bond motifs is 1. The van der Waals surface area contributed by atoms with E-state index in [-0.39, 0.29) is 11.8 Å². The first-order valence-corrected chi connectivity index (χ1v) is 8.89. The van der Waals surface area contributed by atoms with Gasteiger partial charge >= 0.3 is 0 Å². The van der Waals surface area contributed by atoms with Crippen LogP contribution >= 0.6 is 0 Å². The number of rotatable bonds is 5. The number of carbonyl (C=O) groups is 1. The molecular weight excluding hydrogens is 358 g/mol. The lowest BCUT2D eigenvalue weighted by molar-refractivity contribution is -0.116. The van der Waals surface area contributed by atoms with E-state index < -0.39 is 0 Å². The van der Waals surface area contributed by atoms with Crippen LogP contribution in [0.15, 0.2) is 42.5 Å².